The number of fused-ring (bicyclic) bond motifs is 1. The first kappa shape index (κ1) is 21.5. The van der Waals surface area contributed by atoms with E-state index in [-0.39, 0.29) is 39.7 Å². The molecule has 1 aromatic heterocycles. The predicted molar refractivity (Wildman–Crippen MR) is 120 cm³/mol. The van der Waals surface area contributed by atoms with Gasteiger partial charge in [0.05, 0.1) is 23.5 Å². The van der Waals surface area contributed by atoms with E-state index in [2.05, 4.69) is 10.3 Å². The van der Waals surface area contributed by atoms with Crippen LogP contribution in [-0.2, 0) is 4.79 Å². The molecule has 0 bridgehead atoms. The first-order chi connectivity index (χ1) is 15.5. The van der Waals surface area contributed by atoms with Crippen LogP contribution in [0.5, 0.6) is 11.5 Å². The molecule has 0 spiro atoms. The van der Waals surface area contributed by atoms with Crippen LogP contribution in [-0.4, -0.2) is 28.0 Å². The number of nitro benzene ring substituents is 1. The van der Waals surface area contributed by atoms with Crippen molar-refractivity contribution in [1.82, 2.24) is 10.3 Å². The normalized spacial score (nSPS) is 15.3. The van der Waals surface area contributed by atoms with Crippen molar-refractivity contribution in [2.45, 2.75) is 38.1 Å². The summed E-state index contributed by atoms with van der Waals surface area (Å²) in [5, 5.41) is 26.2. The number of non-ortho nitro benzene ring substituents is 1. The minimum atomic E-state index is -0.842. The molecule has 2 N–H and O–H groups in total. The zero-order valence-electron chi connectivity index (χ0n) is 17.8. The topological polar surface area (TPSA) is 115 Å². The molecule has 4 rings (SSSR count). The van der Waals surface area contributed by atoms with E-state index in [0.29, 0.717) is 11.3 Å². The Morgan fingerprint density at radius 2 is 1.94 bits per heavy atom. The smallest absolute Gasteiger partial charge is 0.279 e. The van der Waals surface area contributed by atoms with E-state index in [1.54, 1.807) is 36.4 Å². The number of rotatable bonds is 6. The molecule has 0 unspecified atom stereocenters. The Labute approximate surface area is 185 Å². The molecule has 8 heteroatoms. The van der Waals surface area contributed by atoms with E-state index in [1.807, 2.05) is 0 Å². The highest BCUT2D eigenvalue weighted by Gasteiger charge is 2.31. The average molecular weight is 435 g/mol. The number of aromatic hydroxyl groups is 1. The van der Waals surface area contributed by atoms with E-state index in [4.69, 9.17) is 4.74 Å². The zero-order valence-corrected chi connectivity index (χ0v) is 17.8. The van der Waals surface area contributed by atoms with Crippen molar-refractivity contribution in [3.63, 3.8) is 0 Å². The highest BCUT2D eigenvalue weighted by atomic mass is 16.6. The number of phenols is 1. The van der Waals surface area contributed by atoms with Crippen molar-refractivity contribution >= 4 is 22.5 Å². The summed E-state index contributed by atoms with van der Waals surface area (Å²) >= 11 is 0. The first-order valence-corrected chi connectivity index (χ1v) is 10.7. The maximum Gasteiger partial charge on any atom is 0.279 e. The molecule has 1 aliphatic carbocycles. The van der Waals surface area contributed by atoms with Gasteiger partial charge in [0.1, 0.15) is 17.0 Å². The lowest BCUT2D eigenvalue weighted by Crippen LogP contribution is -2.35. The molecule has 1 aliphatic rings. The van der Waals surface area contributed by atoms with Crippen molar-refractivity contribution in [3.05, 3.63) is 69.9 Å². The minimum Gasteiger partial charge on any atom is -0.505 e. The highest BCUT2D eigenvalue weighted by molar-refractivity contribution is 5.94. The third-order valence-corrected chi connectivity index (χ3v) is 6.09. The minimum absolute atomic E-state index is 0.114. The van der Waals surface area contributed by atoms with Crippen LogP contribution >= 0.6 is 0 Å². The van der Waals surface area contributed by atoms with Crippen LogP contribution < -0.4 is 10.1 Å². The van der Waals surface area contributed by atoms with Crippen LogP contribution in [0.1, 0.15) is 49.3 Å². The monoisotopic (exact) mass is 435 g/mol. The zero-order chi connectivity index (χ0) is 22.7. The lowest BCUT2D eigenvalue weighted by atomic mass is 9.87. The standard InChI is InChI=1S/C24H25N3O5/c1-32-20-12-6-5-10-17(20)21(26-24(29)15-8-3-2-4-9-15)18-14-19(27(30)31)16-11-7-13-25-22(16)23(18)28/h5-7,10-15,21,28H,2-4,8-9H2,1H3,(H,26,29)/t21-/m1/s1. The van der Waals surface area contributed by atoms with E-state index in [0.717, 1.165) is 32.1 Å². The molecule has 1 saturated carbocycles. The van der Waals surface area contributed by atoms with Crippen LogP contribution in [0.4, 0.5) is 5.69 Å². The first-order valence-electron chi connectivity index (χ1n) is 10.7. The van der Waals surface area contributed by atoms with Crippen molar-refractivity contribution in [1.29, 1.82) is 0 Å². The number of methoxy groups -OCH3 is 1. The van der Waals surface area contributed by atoms with Gasteiger partial charge in [0.15, 0.2) is 0 Å². The van der Waals surface area contributed by atoms with Gasteiger partial charge >= 0.3 is 0 Å². The SMILES string of the molecule is COc1ccccc1[C@@H](NC(=O)C1CCCCC1)c1cc([N+](=O)[O-])c2cccnc2c1O. The quantitative estimate of drug-likeness (QED) is 0.430. The Morgan fingerprint density at radius 1 is 1.19 bits per heavy atom. The Balaban J connectivity index is 1.88. The van der Waals surface area contributed by atoms with Crippen LogP contribution in [0.3, 0.4) is 0 Å². The Hall–Kier alpha value is -3.68. The van der Waals surface area contributed by atoms with Gasteiger partial charge in [0.2, 0.25) is 5.91 Å². The fourth-order valence-corrected chi connectivity index (χ4v) is 4.45. The summed E-state index contributed by atoms with van der Waals surface area (Å²) in [6, 6.07) is 10.7. The molecule has 32 heavy (non-hydrogen) atoms. The molecule has 166 valence electrons. The van der Waals surface area contributed by atoms with Gasteiger partial charge in [-0.25, -0.2) is 0 Å². The number of carbonyl (C=O) groups is 1. The molecular formula is C24H25N3O5. The summed E-state index contributed by atoms with van der Waals surface area (Å²) in [4.78, 5) is 28.6. The van der Waals surface area contributed by atoms with Crippen LogP contribution in [0.2, 0.25) is 0 Å². The van der Waals surface area contributed by atoms with Gasteiger partial charge in [-0.1, -0.05) is 37.5 Å². The Kier molecular flexibility index (Phi) is 6.20. The van der Waals surface area contributed by atoms with E-state index in [1.165, 1.54) is 19.4 Å². The number of hydrogen-bond acceptors (Lipinski definition) is 6. The number of ether oxygens (including phenoxy) is 1. The number of nitro groups is 1. The number of carbonyl (C=O) groups excluding carboxylic acids is 1. The third kappa shape index (κ3) is 4.08. The molecule has 1 heterocycles. The average Bonchev–Trinajstić information content (AvgIpc) is 2.83. The predicted octanol–water partition coefficient (Wildman–Crippen LogP) is 4.64. The van der Waals surface area contributed by atoms with Crippen LogP contribution in [0, 0.1) is 16.0 Å². The number of pyridine rings is 1. The lowest BCUT2D eigenvalue weighted by Gasteiger charge is -2.27. The number of amides is 1. The fourth-order valence-electron chi connectivity index (χ4n) is 4.45. The summed E-state index contributed by atoms with van der Waals surface area (Å²) in [5.74, 6) is 0.0381. The van der Waals surface area contributed by atoms with Gasteiger partial charge in [0, 0.05) is 29.3 Å². The third-order valence-electron chi connectivity index (χ3n) is 6.09. The van der Waals surface area contributed by atoms with Gasteiger partial charge in [-0.2, -0.15) is 0 Å². The second-order valence-corrected chi connectivity index (χ2v) is 8.01. The van der Waals surface area contributed by atoms with Crippen molar-refractivity contribution in [2.75, 3.05) is 7.11 Å². The van der Waals surface area contributed by atoms with Crippen LogP contribution in [0.25, 0.3) is 10.9 Å². The van der Waals surface area contributed by atoms with Gasteiger partial charge in [-0.3, -0.25) is 19.9 Å². The van der Waals surface area contributed by atoms with E-state index >= 15 is 0 Å². The second-order valence-electron chi connectivity index (χ2n) is 8.01. The van der Waals surface area contributed by atoms with E-state index in [9.17, 15) is 20.0 Å². The number of phenolic OH excluding ortho intramolecular Hbond substituents is 1. The van der Waals surface area contributed by atoms with Crippen molar-refractivity contribution < 1.29 is 19.6 Å². The van der Waals surface area contributed by atoms with Gasteiger partial charge < -0.3 is 15.2 Å². The van der Waals surface area contributed by atoms with Gasteiger partial charge in [-0.05, 0) is 31.0 Å². The fraction of sp³-hybridized carbons (Fsp3) is 0.333. The molecule has 0 aliphatic heterocycles. The summed E-state index contributed by atoms with van der Waals surface area (Å²) in [6.45, 7) is 0. The lowest BCUT2D eigenvalue weighted by molar-refractivity contribution is -0.383. The molecule has 0 saturated heterocycles. The molecule has 0 radical (unpaired) electrons. The maximum atomic E-state index is 13.2. The summed E-state index contributed by atoms with van der Waals surface area (Å²) in [6.07, 6.45) is 6.17. The van der Waals surface area contributed by atoms with Gasteiger partial charge in [-0.15, -0.1) is 0 Å². The second kappa shape index (κ2) is 9.21. The van der Waals surface area contributed by atoms with Crippen LogP contribution in [0.15, 0.2) is 48.7 Å². The highest BCUT2D eigenvalue weighted by Crippen LogP contribution is 2.41. The van der Waals surface area contributed by atoms with Crippen molar-refractivity contribution in [3.8, 4) is 11.5 Å². The van der Waals surface area contributed by atoms with Crippen molar-refractivity contribution in [2.24, 2.45) is 5.92 Å². The molecule has 8 nitrogen and oxygen atoms in total. The summed E-state index contributed by atoms with van der Waals surface area (Å²) < 4.78 is 5.50. The molecule has 1 fully saturated rings. The number of para-hydroxylation sites is 1. The maximum absolute atomic E-state index is 13.2. The Morgan fingerprint density at radius 3 is 2.66 bits per heavy atom. The molecule has 1 amide bonds. The number of hydrogen-bond donors (Lipinski definition) is 2. The molecule has 1 atom stereocenters. The molecule has 3 aromatic rings. The largest absolute Gasteiger partial charge is 0.505 e. The number of aromatic nitrogens is 1. The molecular weight excluding hydrogens is 410 g/mol. The van der Waals surface area contributed by atoms with E-state index < -0.39 is 11.0 Å². The van der Waals surface area contributed by atoms with Gasteiger partial charge in [0.25, 0.3) is 5.69 Å². The summed E-state index contributed by atoms with van der Waals surface area (Å²) in [7, 11) is 1.52. The number of benzene rings is 2. The number of nitrogens with one attached hydrogen (secondary N) is 1. The number of nitrogens with zero attached hydrogens (tertiary/aromatic N) is 2. The molecule has 2 aromatic carbocycles. The Bertz CT molecular complexity index is 1160. The summed E-state index contributed by atoms with van der Waals surface area (Å²) in [5.41, 5.74) is 0.729.